The summed E-state index contributed by atoms with van der Waals surface area (Å²) in [5.41, 5.74) is 0.790. The van der Waals surface area contributed by atoms with E-state index in [1.54, 1.807) is 35.7 Å². The highest BCUT2D eigenvalue weighted by Gasteiger charge is 2.17. The molecule has 0 aliphatic rings. The van der Waals surface area contributed by atoms with Gasteiger partial charge in [0.2, 0.25) is 0 Å². The highest BCUT2D eigenvalue weighted by atomic mass is 32.1. The molecule has 2 aromatic carbocycles. The quantitative estimate of drug-likeness (QED) is 0.616. The van der Waals surface area contributed by atoms with Crippen molar-refractivity contribution >= 4 is 40.5 Å². The van der Waals surface area contributed by atoms with Crippen LogP contribution in [0.15, 0.2) is 66.0 Å². The van der Waals surface area contributed by atoms with Gasteiger partial charge >= 0.3 is 5.97 Å². The van der Waals surface area contributed by atoms with Gasteiger partial charge in [0, 0.05) is 5.69 Å². The summed E-state index contributed by atoms with van der Waals surface area (Å²) in [5.74, 6) is -2.09. The molecule has 0 spiro atoms. The van der Waals surface area contributed by atoms with Gasteiger partial charge in [0.05, 0.1) is 16.1 Å². The number of nitrogens with one attached hydrogen (secondary N) is 2. The predicted molar refractivity (Wildman–Crippen MR) is 104 cm³/mol. The van der Waals surface area contributed by atoms with Gasteiger partial charge in [-0.15, -0.1) is 11.3 Å². The molecule has 0 radical (unpaired) electrons. The van der Waals surface area contributed by atoms with Gasteiger partial charge in [0.25, 0.3) is 11.8 Å². The minimum atomic E-state index is -0.753. The zero-order valence-electron chi connectivity index (χ0n) is 14.5. The zero-order chi connectivity index (χ0) is 19.9. The second kappa shape index (κ2) is 8.92. The third kappa shape index (κ3) is 5.01. The van der Waals surface area contributed by atoms with Crippen molar-refractivity contribution in [2.24, 2.45) is 0 Å². The normalized spacial score (nSPS) is 10.2. The standard InChI is InChI=1S/C20H15FN2O4S/c21-13-7-9-14(10-8-13)22-18(24)12-27-20(26)15-4-1-2-5-16(15)23-19(25)17-6-3-11-28-17/h1-11H,12H2,(H,22,24)(H,23,25). The van der Waals surface area contributed by atoms with Gasteiger partial charge in [0.1, 0.15) is 5.82 Å². The topological polar surface area (TPSA) is 84.5 Å². The van der Waals surface area contributed by atoms with Gasteiger partial charge < -0.3 is 15.4 Å². The van der Waals surface area contributed by atoms with Gasteiger partial charge in [-0.05, 0) is 47.8 Å². The molecule has 0 aliphatic heterocycles. The lowest BCUT2D eigenvalue weighted by molar-refractivity contribution is -0.119. The van der Waals surface area contributed by atoms with Crippen LogP contribution in [-0.2, 0) is 9.53 Å². The number of hydrogen-bond acceptors (Lipinski definition) is 5. The first kappa shape index (κ1) is 19.2. The first-order chi connectivity index (χ1) is 13.5. The van der Waals surface area contributed by atoms with Crippen LogP contribution in [0.2, 0.25) is 0 Å². The van der Waals surface area contributed by atoms with Crippen LogP contribution >= 0.6 is 11.3 Å². The summed E-state index contributed by atoms with van der Waals surface area (Å²) in [6, 6.07) is 15.0. The molecule has 2 amide bonds. The number of esters is 1. The second-order valence-electron chi connectivity index (χ2n) is 5.61. The van der Waals surface area contributed by atoms with Crippen LogP contribution in [0.25, 0.3) is 0 Å². The van der Waals surface area contributed by atoms with E-state index >= 15 is 0 Å². The highest BCUT2D eigenvalue weighted by Crippen LogP contribution is 2.19. The molecule has 28 heavy (non-hydrogen) atoms. The van der Waals surface area contributed by atoms with Crippen molar-refractivity contribution in [3.63, 3.8) is 0 Å². The maximum absolute atomic E-state index is 12.9. The average Bonchev–Trinajstić information content (AvgIpc) is 3.23. The number of hydrogen-bond donors (Lipinski definition) is 2. The van der Waals surface area contributed by atoms with Crippen molar-refractivity contribution in [1.82, 2.24) is 0 Å². The Kier molecular flexibility index (Phi) is 6.13. The van der Waals surface area contributed by atoms with Crippen molar-refractivity contribution in [3.8, 4) is 0 Å². The molecular formula is C20H15FN2O4S. The summed E-state index contributed by atoms with van der Waals surface area (Å²) >= 11 is 1.28. The average molecular weight is 398 g/mol. The molecule has 0 unspecified atom stereocenters. The van der Waals surface area contributed by atoms with E-state index in [2.05, 4.69) is 10.6 Å². The number of rotatable bonds is 6. The number of amides is 2. The van der Waals surface area contributed by atoms with E-state index in [4.69, 9.17) is 4.74 Å². The molecule has 1 aromatic heterocycles. The van der Waals surface area contributed by atoms with Gasteiger partial charge in [-0.1, -0.05) is 18.2 Å². The fourth-order valence-corrected chi connectivity index (χ4v) is 2.92. The SMILES string of the molecule is O=C(COC(=O)c1ccccc1NC(=O)c1cccs1)Nc1ccc(F)cc1. The van der Waals surface area contributed by atoms with Crippen LogP contribution in [-0.4, -0.2) is 24.4 Å². The summed E-state index contributed by atoms with van der Waals surface area (Å²) in [4.78, 5) is 36.9. The Hall–Kier alpha value is -3.52. The fraction of sp³-hybridized carbons (Fsp3) is 0.0500. The van der Waals surface area contributed by atoms with Crippen molar-refractivity contribution in [2.75, 3.05) is 17.2 Å². The summed E-state index contributed by atoms with van der Waals surface area (Å²) in [5, 5.41) is 6.92. The molecule has 0 saturated carbocycles. The van der Waals surface area contributed by atoms with E-state index < -0.39 is 24.3 Å². The molecule has 142 valence electrons. The monoisotopic (exact) mass is 398 g/mol. The minimum Gasteiger partial charge on any atom is -0.452 e. The number of halogens is 1. The molecule has 6 nitrogen and oxygen atoms in total. The molecule has 0 atom stereocenters. The smallest absolute Gasteiger partial charge is 0.340 e. The number of para-hydroxylation sites is 1. The Bertz CT molecular complexity index is 988. The molecule has 0 saturated heterocycles. The number of carbonyl (C=O) groups excluding carboxylic acids is 3. The number of benzene rings is 2. The van der Waals surface area contributed by atoms with Crippen LogP contribution < -0.4 is 10.6 Å². The lowest BCUT2D eigenvalue weighted by Gasteiger charge is -2.10. The number of anilines is 2. The fourth-order valence-electron chi connectivity index (χ4n) is 2.30. The van der Waals surface area contributed by atoms with E-state index in [1.807, 2.05) is 0 Å². The van der Waals surface area contributed by atoms with Crippen molar-refractivity contribution < 1.29 is 23.5 Å². The van der Waals surface area contributed by atoms with Gasteiger partial charge in [-0.3, -0.25) is 9.59 Å². The molecule has 3 rings (SSSR count). The second-order valence-corrected chi connectivity index (χ2v) is 6.56. The molecule has 2 N–H and O–H groups in total. The van der Waals surface area contributed by atoms with E-state index in [9.17, 15) is 18.8 Å². The Morgan fingerprint density at radius 1 is 0.929 bits per heavy atom. The molecule has 8 heteroatoms. The predicted octanol–water partition coefficient (Wildman–Crippen LogP) is 3.94. The molecule has 0 aliphatic carbocycles. The maximum atomic E-state index is 12.9. The van der Waals surface area contributed by atoms with E-state index in [-0.39, 0.29) is 17.2 Å². The van der Waals surface area contributed by atoms with E-state index in [1.165, 1.54) is 41.7 Å². The van der Waals surface area contributed by atoms with Crippen LogP contribution in [0, 0.1) is 5.82 Å². The third-order valence-corrected chi connectivity index (χ3v) is 4.47. The van der Waals surface area contributed by atoms with Crippen molar-refractivity contribution in [3.05, 3.63) is 82.3 Å². The molecule has 1 heterocycles. The first-order valence-corrected chi connectivity index (χ1v) is 9.07. The van der Waals surface area contributed by atoms with Crippen LogP contribution in [0.3, 0.4) is 0 Å². The number of carbonyl (C=O) groups is 3. The summed E-state index contributed by atoms with van der Waals surface area (Å²) in [6.45, 7) is -0.524. The van der Waals surface area contributed by atoms with Crippen LogP contribution in [0.1, 0.15) is 20.0 Å². The van der Waals surface area contributed by atoms with Gasteiger partial charge in [0.15, 0.2) is 6.61 Å². The van der Waals surface area contributed by atoms with E-state index in [0.717, 1.165) is 0 Å². The summed E-state index contributed by atoms with van der Waals surface area (Å²) in [7, 11) is 0. The van der Waals surface area contributed by atoms with Gasteiger partial charge in [-0.25, -0.2) is 9.18 Å². The van der Waals surface area contributed by atoms with Crippen LogP contribution in [0.5, 0.6) is 0 Å². The summed E-state index contributed by atoms with van der Waals surface area (Å²) < 4.78 is 17.9. The molecule has 3 aromatic rings. The van der Waals surface area contributed by atoms with Gasteiger partial charge in [-0.2, -0.15) is 0 Å². The lowest BCUT2D eigenvalue weighted by Crippen LogP contribution is -2.22. The largest absolute Gasteiger partial charge is 0.452 e. The maximum Gasteiger partial charge on any atom is 0.340 e. The molecular weight excluding hydrogens is 383 g/mol. The summed E-state index contributed by atoms with van der Waals surface area (Å²) in [6.07, 6.45) is 0. The van der Waals surface area contributed by atoms with Crippen LogP contribution in [0.4, 0.5) is 15.8 Å². The Morgan fingerprint density at radius 3 is 2.39 bits per heavy atom. The molecule has 0 bridgehead atoms. The molecule has 0 fully saturated rings. The first-order valence-electron chi connectivity index (χ1n) is 8.19. The van der Waals surface area contributed by atoms with E-state index in [0.29, 0.717) is 10.6 Å². The lowest BCUT2D eigenvalue weighted by atomic mass is 10.2. The Labute approximate surface area is 164 Å². The van der Waals surface area contributed by atoms with Crippen molar-refractivity contribution in [2.45, 2.75) is 0 Å². The third-order valence-electron chi connectivity index (χ3n) is 3.60. The highest BCUT2D eigenvalue weighted by molar-refractivity contribution is 7.12. The Morgan fingerprint density at radius 2 is 1.68 bits per heavy atom. The minimum absolute atomic E-state index is 0.127. The number of ether oxygens (including phenoxy) is 1. The zero-order valence-corrected chi connectivity index (χ0v) is 15.3. The van der Waals surface area contributed by atoms with Crippen molar-refractivity contribution in [1.29, 1.82) is 0 Å². The Balaban J connectivity index is 1.60. The number of thiophene rings is 1.